The van der Waals surface area contributed by atoms with E-state index >= 15 is 0 Å². The van der Waals surface area contributed by atoms with Crippen molar-refractivity contribution in [3.63, 3.8) is 0 Å². The fourth-order valence-electron chi connectivity index (χ4n) is 4.15. The van der Waals surface area contributed by atoms with E-state index in [2.05, 4.69) is 21.3 Å². The maximum Gasteiger partial charge on any atom is 0.263 e. The first-order chi connectivity index (χ1) is 17.8. The van der Waals surface area contributed by atoms with Crippen LogP contribution in [0.1, 0.15) is 61.6 Å². The molecule has 0 saturated heterocycles. The molecule has 1 aromatic carbocycles. The number of benzene rings is 1. The first-order valence-electron chi connectivity index (χ1n) is 12.3. The highest BCUT2D eigenvalue weighted by molar-refractivity contribution is 8.00. The van der Waals surface area contributed by atoms with Gasteiger partial charge in [0, 0.05) is 17.4 Å². The lowest BCUT2D eigenvalue weighted by molar-refractivity contribution is -0.115. The molecule has 9 nitrogen and oxygen atoms in total. The summed E-state index contributed by atoms with van der Waals surface area (Å²) in [7, 11) is -3.86. The number of aryl methyl sites for hydroxylation is 3. The van der Waals surface area contributed by atoms with E-state index in [-0.39, 0.29) is 16.6 Å². The number of nitrogens with zero attached hydrogens (tertiary/aromatic N) is 3. The van der Waals surface area contributed by atoms with Crippen LogP contribution in [-0.2, 0) is 27.7 Å². The van der Waals surface area contributed by atoms with Crippen LogP contribution >= 0.6 is 11.8 Å². The molecule has 1 unspecified atom stereocenters. The zero-order valence-electron chi connectivity index (χ0n) is 20.8. The molecule has 11 heteroatoms. The summed E-state index contributed by atoms with van der Waals surface area (Å²) in [6, 6.07) is 11.5. The highest BCUT2D eigenvalue weighted by Gasteiger charge is 2.23. The number of nitriles is 1. The van der Waals surface area contributed by atoms with E-state index in [1.807, 2.05) is 13.0 Å². The molecule has 1 aliphatic carbocycles. The van der Waals surface area contributed by atoms with Crippen LogP contribution in [0.25, 0.3) is 0 Å². The van der Waals surface area contributed by atoms with E-state index in [9.17, 15) is 18.5 Å². The number of fused-ring (bicyclic) bond motifs is 1. The summed E-state index contributed by atoms with van der Waals surface area (Å²) in [6.45, 7) is 3.57. The molecule has 37 heavy (non-hydrogen) atoms. The van der Waals surface area contributed by atoms with Gasteiger partial charge in [0.05, 0.1) is 15.7 Å². The third-order valence-corrected chi connectivity index (χ3v) is 8.84. The molecule has 0 aliphatic heterocycles. The Morgan fingerprint density at radius 3 is 2.54 bits per heavy atom. The van der Waals surface area contributed by atoms with E-state index in [4.69, 9.17) is 9.51 Å². The third-order valence-electron chi connectivity index (χ3n) is 6.10. The lowest BCUT2D eigenvalue weighted by Gasteiger charge is -2.18. The largest absolute Gasteiger partial charge is 0.360 e. The maximum absolute atomic E-state index is 13.1. The van der Waals surface area contributed by atoms with Crippen molar-refractivity contribution < 1.29 is 17.7 Å². The minimum atomic E-state index is -3.86. The van der Waals surface area contributed by atoms with Crippen molar-refractivity contribution in [1.29, 1.82) is 5.26 Å². The fraction of sp³-hybridized carbons (Fsp3) is 0.385. The lowest BCUT2D eigenvalue weighted by atomic mass is 9.96. The van der Waals surface area contributed by atoms with Gasteiger partial charge in [0.15, 0.2) is 5.82 Å². The topological polar surface area (TPSA) is 138 Å². The van der Waals surface area contributed by atoms with Crippen LogP contribution in [0, 0.1) is 18.3 Å². The zero-order valence-corrected chi connectivity index (χ0v) is 22.4. The Bertz CT molecular complexity index is 1410. The second kappa shape index (κ2) is 11.8. The van der Waals surface area contributed by atoms with Crippen molar-refractivity contribution in [3.8, 4) is 6.07 Å². The standard InChI is InChI=1S/C26H29N5O4S2/c1-3-23(36-26-19(16-27)15-18-8-6-4-5-7-9-22(18)29-26)25(32)28-20-10-12-21(13-11-20)37(33,34)31-24-14-17(2)35-30-24/h10-15,23H,3-9H2,1-2H3,(H,28,32)(H,30,31). The number of anilines is 2. The van der Waals surface area contributed by atoms with E-state index in [0.717, 1.165) is 36.9 Å². The normalized spacial score (nSPS) is 14.5. The molecule has 194 valence electrons. The quantitative estimate of drug-likeness (QED) is 0.372. The molecule has 0 radical (unpaired) electrons. The van der Waals surface area contributed by atoms with Gasteiger partial charge in [-0.1, -0.05) is 36.7 Å². The molecule has 0 bridgehead atoms. The molecular formula is C26H29N5O4S2. The fourth-order valence-corrected chi connectivity index (χ4v) is 6.13. The monoisotopic (exact) mass is 539 g/mol. The number of pyridine rings is 1. The number of carbonyl (C=O) groups is 1. The number of hydrogen-bond acceptors (Lipinski definition) is 8. The Labute approximate surface area is 221 Å². The van der Waals surface area contributed by atoms with E-state index in [1.165, 1.54) is 54.9 Å². The summed E-state index contributed by atoms with van der Waals surface area (Å²) >= 11 is 1.30. The summed E-state index contributed by atoms with van der Waals surface area (Å²) in [5, 5.41) is 16.3. The third kappa shape index (κ3) is 6.70. The van der Waals surface area contributed by atoms with Crippen LogP contribution in [0.15, 0.2) is 50.8 Å². The van der Waals surface area contributed by atoms with Gasteiger partial charge < -0.3 is 9.84 Å². The average molecular weight is 540 g/mol. The van der Waals surface area contributed by atoms with Crippen molar-refractivity contribution in [3.05, 3.63) is 59.0 Å². The molecule has 1 aliphatic rings. The van der Waals surface area contributed by atoms with Crippen LogP contribution in [-0.4, -0.2) is 29.7 Å². The number of aromatic nitrogens is 2. The second-order valence-electron chi connectivity index (χ2n) is 8.93. The van der Waals surface area contributed by atoms with Gasteiger partial charge in [-0.25, -0.2) is 13.4 Å². The van der Waals surface area contributed by atoms with Crippen molar-refractivity contribution in [1.82, 2.24) is 10.1 Å². The predicted molar refractivity (Wildman–Crippen MR) is 142 cm³/mol. The van der Waals surface area contributed by atoms with Gasteiger partial charge in [0.25, 0.3) is 10.0 Å². The molecule has 0 saturated carbocycles. The minimum Gasteiger partial charge on any atom is -0.360 e. The van der Waals surface area contributed by atoms with Crippen LogP contribution in [0.3, 0.4) is 0 Å². The number of hydrogen-bond donors (Lipinski definition) is 2. The molecule has 4 rings (SSSR count). The molecule has 2 heterocycles. The smallest absolute Gasteiger partial charge is 0.263 e. The molecule has 1 atom stereocenters. The van der Waals surface area contributed by atoms with Crippen LogP contribution in [0.4, 0.5) is 11.5 Å². The lowest BCUT2D eigenvalue weighted by Crippen LogP contribution is -2.25. The summed E-state index contributed by atoms with van der Waals surface area (Å²) in [6.07, 6.45) is 6.90. The Hall–Kier alpha value is -3.36. The van der Waals surface area contributed by atoms with Crippen molar-refractivity contribution in [2.45, 2.75) is 74.0 Å². The van der Waals surface area contributed by atoms with Gasteiger partial charge in [-0.05, 0) is 74.9 Å². The summed E-state index contributed by atoms with van der Waals surface area (Å²) in [5.74, 6) is 0.339. The van der Waals surface area contributed by atoms with E-state index in [1.54, 1.807) is 6.92 Å². The SMILES string of the molecule is CCC(Sc1nc2c(cc1C#N)CCCCCC2)C(=O)Nc1ccc(S(=O)(=O)Nc2cc(C)on2)cc1. The average Bonchev–Trinajstić information content (AvgIpc) is 3.26. The molecule has 0 spiro atoms. The predicted octanol–water partition coefficient (Wildman–Crippen LogP) is 5.22. The van der Waals surface area contributed by atoms with Crippen LogP contribution in [0.2, 0.25) is 0 Å². The maximum atomic E-state index is 13.1. The molecular weight excluding hydrogens is 510 g/mol. The highest BCUT2D eigenvalue weighted by Crippen LogP contribution is 2.31. The van der Waals surface area contributed by atoms with Gasteiger partial charge in [0.1, 0.15) is 16.9 Å². The summed E-state index contributed by atoms with van der Waals surface area (Å²) in [4.78, 5) is 17.9. The van der Waals surface area contributed by atoms with Crippen LogP contribution < -0.4 is 10.0 Å². The Balaban J connectivity index is 1.45. The first kappa shape index (κ1) is 26.7. The molecule has 1 amide bonds. The molecule has 2 aromatic heterocycles. The second-order valence-corrected chi connectivity index (χ2v) is 11.8. The van der Waals surface area contributed by atoms with Gasteiger partial charge in [-0.2, -0.15) is 5.26 Å². The first-order valence-corrected chi connectivity index (χ1v) is 14.6. The number of rotatable bonds is 8. The van der Waals surface area contributed by atoms with Crippen molar-refractivity contribution >= 4 is 39.2 Å². The zero-order chi connectivity index (χ0) is 26.4. The number of amides is 1. The van der Waals surface area contributed by atoms with Gasteiger partial charge in [-0.3, -0.25) is 9.52 Å². The highest BCUT2D eigenvalue weighted by atomic mass is 32.2. The number of thioether (sulfide) groups is 1. The number of carbonyl (C=O) groups excluding carboxylic acids is 1. The molecule has 2 N–H and O–H groups in total. The van der Waals surface area contributed by atoms with Crippen LogP contribution in [0.5, 0.6) is 0 Å². The molecule has 3 aromatic rings. The summed E-state index contributed by atoms with van der Waals surface area (Å²) in [5.41, 5.74) is 3.14. The van der Waals surface area contributed by atoms with Gasteiger partial charge in [-0.15, -0.1) is 0 Å². The Morgan fingerprint density at radius 1 is 1.16 bits per heavy atom. The Morgan fingerprint density at radius 2 is 1.89 bits per heavy atom. The van der Waals surface area contributed by atoms with E-state index < -0.39 is 15.3 Å². The number of nitrogens with one attached hydrogen (secondary N) is 2. The molecule has 0 fully saturated rings. The van der Waals surface area contributed by atoms with Crippen molar-refractivity contribution in [2.75, 3.05) is 10.0 Å². The Kier molecular flexibility index (Phi) is 8.51. The van der Waals surface area contributed by atoms with Gasteiger partial charge >= 0.3 is 0 Å². The summed E-state index contributed by atoms with van der Waals surface area (Å²) < 4.78 is 32.4. The minimum absolute atomic E-state index is 0.0243. The van der Waals surface area contributed by atoms with Gasteiger partial charge in [0.2, 0.25) is 5.91 Å². The van der Waals surface area contributed by atoms with E-state index in [0.29, 0.717) is 28.5 Å². The van der Waals surface area contributed by atoms with Crippen molar-refractivity contribution in [2.24, 2.45) is 0 Å². The number of sulfonamides is 1.